The zero-order chi connectivity index (χ0) is 14.0. The van der Waals surface area contributed by atoms with Gasteiger partial charge in [0.2, 0.25) is 0 Å². The van der Waals surface area contributed by atoms with Crippen molar-refractivity contribution in [2.45, 2.75) is 53.4 Å². The van der Waals surface area contributed by atoms with Crippen LogP contribution in [0.2, 0.25) is 0 Å². The molecule has 0 heterocycles. The molecule has 0 amide bonds. The van der Waals surface area contributed by atoms with Crippen molar-refractivity contribution >= 4 is 5.97 Å². The first-order valence-corrected chi connectivity index (χ1v) is 7.79. The molecule has 2 heteroatoms. The average Bonchev–Trinajstić information content (AvgIpc) is 2.90. The molecule has 3 aliphatic carbocycles. The zero-order valence-corrected chi connectivity index (χ0v) is 12.6. The topological polar surface area (TPSA) is 37.3 Å². The fraction of sp³-hybridized carbons (Fsp3) is 0.824. The molecule has 1 N–H and O–H groups in total. The van der Waals surface area contributed by atoms with Crippen LogP contribution in [0.3, 0.4) is 0 Å². The van der Waals surface area contributed by atoms with Gasteiger partial charge in [-0.2, -0.15) is 0 Å². The Morgan fingerprint density at radius 3 is 2.68 bits per heavy atom. The second-order valence-electron chi connectivity index (χ2n) is 7.54. The summed E-state index contributed by atoms with van der Waals surface area (Å²) in [4.78, 5) is 11.4. The third kappa shape index (κ3) is 1.41. The predicted molar refractivity (Wildman–Crippen MR) is 75.7 cm³/mol. The highest BCUT2D eigenvalue weighted by molar-refractivity contribution is 5.73. The number of hydrogen-bond acceptors (Lipinski definition) is 1. The third-order valence-corrected chi connectivity index (χ3v) is 7.03. The number of hydrogen-bond donors (Lipinski definition) is 1. The number of carboxylic acid groups (broad SMARTS) is 1. The van der Waals surface area contributed by atoms with E-state index in [9.17, 15) is 9.90 Å². The molecular weight excluding hydrogens is 236 g/mol. The van der Waals surface area contributed by atoms with Crippen molar-refractivity contribution in [3.8, 4) is 0 Å². The highest BCUT2D eigenvalue weighted by Gasteiger charge is 2.66. The van der Waals surface area contributed by atoms with Crippen LogP contribution in [0.1, 0.15) is 53.4 Å². The van der Waals surface area contributed by atoms with E-state index < -0.39 is 5.97 Å². The van der Waals surface area contributed by atoms with Gasteiger partial charge in [-0.3, -0.25) is 4.79 Å². The van der Waals surface area contributed by atoms with E-state index in [2.05, 4.69) is 26.8 Å². The first-order valence-electron chi connectivity index (χ1n) is 7.79. The summed E-state index contributed by atoms with van der Waals surface area (Å²) in [5, 5.41) is 9.36. The summed E-state index contributed by atoms with van der Waals surface area (Å²) >= 11 is 0. The highest BCUT2D eigenvalue weighted by atomic mass is 16.4. The van der Waals surface area contributed by atoms with Crippen LogP contribution in [-0.4, -0.2) is 11.1 Å². The van der Waals surface area contributed by atoms with Gasteiger partial charge in [-0.1, -0.05) is 32.4 Å². The van der Waals surface area contributed by atoms with Crippen LogP contribution in [0.15, 0.2) is 11.6 Å². The molecule has 2 fully saturated rings. The van der Waals surface area contributed by atoms with Crippen molar-refractivity contribution in [3.05, 3.63) is 11.6 Å². The lowest BCUT2D eigenvalue weighted by molar-refractivity contribution is -0.140. The third-order valence-electron chi connectivity index (χ3n) is 7.03. The van der Waals surface area contributed by atoms with E-state index in [1.807, 2.05) is 6.92 Å². The normalized spacial score (nSPS) is 49.7. The first-order chi connectivity index (χ1) is 8.83. The van der Waals surface area contributed by atoms with Crippen molar-refractivity contribution in [1.82, 2.24) is 0 Å². The van der Waals surface area contributed by atoms with E-state index in [1.165, 1.54) is 31.3 Å². The summed E-state index contributed by atoms with van der Waals surface area (Å²) in [6.07, 6.45) is 7.58. The maximum atomic E-state index is 11.4. The van der Waals surface area contributed by atoms with Crippen LogP contribution >= 0.6 is 0 Å². The maximum Gasteiger partial charge on any atom is 0.310 e. The molecule has 0 bridgehead atoms. The second-order valence-corrected chi connectivity index (χ2v) is 7.54. The fourth-order valence-electron chi connectivity index (χ4n) is 5.97. The Balaban J connectivity index is 2.04. The van der Waals surface area contributed by atoms with Gasteiger partial charge in [0.05, 0.1) is 5.92 Å². The van der Waals surface area contributed by atoms with Gasteiger partial charge in [0, 0.05) is 0 Å². The lowest BCUT2D eigenvalue weighted by Gasteiger charge is -2.43. The average molecular weight is 262 g/mol. The van der Waals surface area contributed by atoms with Gasteiger partial charge in [0.25, 0.3) is 0 Å². The van der Waals surface area contributed by atoms with Crippen LogP contribution in [0.4, 0.5) is 0 Å². The van der Waals surface area contributed by atoms with E-state index in [1.54, 1.807) is 0 Å². The van der Waals surface area contributed by atoms with Gasteiger partial charge in [0.1, 0.15) is 0 Å². The van der Waals surface area contributed by atoms with Gasteiger partial charge in [0.15, 0.2) is 0 Å². The molecule has 3 rings (SSSR count). The summed E-state index contributed by atoms with van der Waals surface area (Å²) < 4.78 is 0. The largest absolute Gasteiger partial charge is 0.481 e. The molecule has 0 aromatic heterocycles. The van der Waals surface area contributed by atoms with E-state index in [-0.39, 0.29) is 11.3 Å². The summed E-state index contributed by atoms with van der Waals surface area (Å²) in [6.45, 7) is 8.95. The maximum absolute atomic E-state index is 11.4. The minimum absolute atomic E-state index is 0.251. The van der Waals surface area contributed by atoms with E-state index >= 15 is 0 Å². The van der Waals surface area contributed by atoms with Crippen molar-refractivity contribution in [2.24, 2.45) is 34.5 Å². The van der Waals surface area contributed by atoms with Crippen LogP contribution in [0.5, 0.6) is 0 Å². The van der Waals surface area contributed by atoms with E-state index in [4.69, 9.17) is 0 Å². The van der Waals surface area contributed by atoms with Crippen molar-refractivity contribution in [1.29, 1.82) is 0 Å². The molecule has 3 aliphatic rings. The molecular formula is C17H26O2. The number of carboxylic acids is 1. The Hall–Kier alpha value is -0.790. The summed E-state index contributed by atoms with van der Waals surface area (Å²) in [6, 6.07) is 0. The number of allylic oxidation sites excluding steroid dienone is 1. The highest BCUT2D eigenvalue weighted by Crippen LogP contribution is 2.73. The summed E-state index contributed by atoms with van der Waals surface area (Å²) in [5.41, 5.74) is 1.82. The zero-order valence-electron chi connectivity index (χ0n) is 12.6. The minimum Gasteiger partial charge on any atom is -0.481 e. The molecule has 0 radical (unpaired) electrons. The fourth-order valence-corrected chi connectivity index (χ4v) is 5.97. The van der Waals surface area contributed by atoms with Crippen LogP contribution in [-0.2, 0) is 4.79 Å². The van der Waals surface area contributed by atoms with Gasteiger partial charge in [-0.05, 0) is 61.2 Å². The molecule has 0 aromatic carbocycles. The Labute approximate surface area is 116 Å². The van der Waals surface area contributed by atoms with Crippen molar-refractivity contribution in [3.63, 3.8) is 0 Å². The van der Waals surface area contributed by atoms with Crippen molar-refractivity contribution in [2.75, 3.05) is 0 Å². The van der Waals surface area contributed by atoms with Gasteiger partial charge >= 0.3 is 5.97 Å². The summed E-state index contributed by atoms with van der Waals surface area (Å²) in [7, 11) is 0. The molecule has 0 saturated heterocycles. The van der Waals surface area contributed by atoms with Gasteiger partial charge in [-0.25, -0.2) is 0 Å². The molecule has 3 unspecified atom stereocenters. The lowest BCUT2D eigenvalue weighted by atomic mass is 9.61. The Morgan fingerprint density at radius 1 is 1.37 bits per heavy atom. The number of carbonyl (C=O) groups is 1. The number of rotatable bonds is 2. The molecule has 2 nitrogen and oxygen atoms in total. The van der Waals surface area contributed by atoms with Crippen molar-refractivity contribution < 1.29 is 9.90 Å². The van der Waals surface area contributed by atoms with Crippen LogP contribution in [0, 0.1) is 34.5 Å². The van der Waals surface area contributed by atoms with Crippen LogP contribution < -0.4 is 0 Å². The quantitative estimate of drug-likeness (QED) is 0.760. The lowest BCUT2D eigenvalue weighted by Crippen LogP contribution is -2.38. The SMILES string of the molecule is CC(C(=O)O)C1=C[C@]2(C)CCC3[C@H](C)CCC32[C@@H]1C. The molecule has 0 aromatic rings. The molecule has 19 heavy (non-hydrogen) atoms. The van der Waals surface area contributed by atoms with Crippen LogP contribution in [0.25, 0.3) is 0 Å². The van der Waals surface area contributed by atoms with Gasteiger partial charge in [-0.15, -0.1) is 0 Å². The second kappa shape index (κ2) is 3.86. The molecule has 0 aliphatic heterocycles. The van der Waals surface area contributed by atoms with Gasteiger partial charge < -0.3 is 5.11 Å². The smallest absolute Gasteiger partial charge is 0.310 e. The van der Waals surface area contributed by atoms with E-state index in [0.29, 0.717) is 11.3 Å². The molecule has 6 atom stereocenters. The summed E-state index contributed by atoms with van der Waals surface area (Å²) in [5.74, 6) is 1.09. The standard InChI is InChI=1S/C17H26O2/c1-10-5-8-17-12(3)13(11(2)15(18)19)9-16(17,4)7-6-14(10)17/h9-12,14H,5-8H2,1-4H3,(H,18,19)/t10-,11?,12-,14?,16+,17?/m1/s1. The van der Waals surface area contributed by atoms with E-state index in [0.717, 1.165) is 11.8 Å². The Bertz CT molecular complexity index is 452. The Kier molecular flexibility index (Phi) is 2.69. The minimum atomic E-state index is -0.666. The number of aliphatic carboxylic acids is 1. The molecule has 106 valence electrons. The first kappa shape index (κ1) is 13.2. The molecule has 2 saturated carbocycles. The monoisotopic (exact) mass is 262 g/mol. The predicted octanol–water partition coefficient (Wildman–Crippen LogP) is 4.12. The Morgan fingerprint density at radius 2 is 2.05 bits per heavy atom. The molecule has 1 spiro atoms.